The molecule has 0 unspecified atom stereocenters. The fourth-order valence-corrected chi connectivity index (χ4v) is 3.63. The number of carbonyl (C=O) groups excluding carboxylic acids is 2. The highest BCUT2D eigenvalue weighted by Crippen LogP contribution is 2.21. The van der Waals surface area contributed by atoms with Crippen molar-refractivity contribution in [1.82, 2.24) is 9.80 Å². The SMILES string of the molecule is CN1CCC(N(C)C(=O)c2ccccc2C(=O)c2ccc(Br)cc2)CC1. The number of benzene rings is 2. The summed E-state index contributed by atoms with van der Waals surface area (Å²) in [4.78, 5) is 30.1. The van der Waals surface area contributed by atoms with Crippen LogP contribution in [0, 0.1) is 0 Å². The van der Waals surface area contributed by atoms with Crippen molar-refractivity contribution in [3.8, 4) is 0 Å². The molecule has 0 atom stereocenters. The largest absolute Gasteiger partial charge is 0.339 e. The van der Waals surface area contributed by atoms with E-state index in [0.717, 1.165) is 30.4 Å². The topological polar surface area (TPSA) is 40.6 Å². The number of hydrogen-bond acceptors (Lipinski definition) is 3. The molecular formula is C21H23BrN2O2. The molecule has 0 bridgehead atoms. The summed E-state index contributed by atoms with van der Waals surface area (Å²) in [7, 11) is 3.95. The van der Waals surface area contributed by atoms with Crippen LogP contribution in [0.5, 0.6) is 0 Å². The highest BCUT2D eigenvalue weighted by Gasteiger charge is 2.27. The van der Waals surface area contributed by atoms with E-state index in [-0.39, 0.29) is 17.7 Å². The van der Waals surface area contributed by atoms with Crippen LogP contribution in [0.15, 0.2) is 53.0 Å². The van der Waals surface area contributed by atoms with E-state index in [9.17, 15) is 9.59 Å². The molecule has 0 saturated carbocycles. The maximum atomic E-state index is 13.1. The van der Waals surface area contributed by atoms with Gasteiger partial charge in [0.05, 0.1) is 5.56 Å². The van der Waals surface area contributed by atoms with Gasteiger partial charge in [0.2, 0.25) is 0 Å². The van der Waals surface area contributed by atoms with Crippen LogP contribution >= 0.6 is 15.9 Å². The lowest BCUT2D eigenvalue weighted by atomic mass is 9.96. The van der Waals surface area contributed by atoms with Crippen molar-refractivity contribution in [3.05, 3.63) is 69.7 Å². The van der Waals surface area contributed by atoms with Crippen LogP contribution in [-0.2, 0) is 0 Å². The minimum atomic E-state index is -0.127. The van der Waals surface area contributed by atoms with Crippen molar-refractivity contribution in [2.24, 2.45) is 0 Å². The van der Waals surface area contributed by atoms with Crippen molar-refractivity contribution in [2.45, 2.75) is 18.9 Å². The third kappa shape index (κ3) is 4.05. The van der Waals surface area contributed by atoms with Crippen molar-refractivity contribution in [1.29, 1.82) is 0 Å². The van der Waals surface area contributed by atoms with E-state index >= 15 is 0 Å². The summed E-state index contributed by atoms with van der Waals surface area (Å²) in [5.41, 5.74) is 1.51. The van der Waals surface area contributed by atoms with Crippen LogP contribution in [-0.4, -0.2) is 54.7 Å². The standard InChI is InChI=1S/C21H23BrN2O2/c1-23-13-11-17(12-14-23)24(2)21(26)19-6-4-3-5-18(19)20(25)15-7-9-16(22)10-8-15/h3-10,17H,11-14H2,1-2H3. The Kier molecular flexibility index (Phi) is 5.89. The molecule has 0 spiro atoms. The van der Waals surface area contributed by atoms with Crippen LogP contribution in [0.25, 0.3) is 0 Å². The molecule has 1 fully saturated rings. The molecule has 4 nitrogen and oxygen atoms in total. The minimum Gasteiger partial charge on any atom is -0.339 e. The summed E-state index contributed by atoms with van der Waals surface area (Å²) in [5, 5.41) is 0. The number of nitrogens with zero attached hydrogens (tertiary/aromatic N) is 2. The summed E-state index contributed by atoms with van der Waals surface area (Å²) in [6.45, 7) is 1.98. The second-order valence-corrected chi connectivity index (χ2v) is 7.75. The first kappa shape index (κ1) is 18.8. The van der Waals surface area contributed by atoms with Gasteiger partial charge in [-0.15, -0.1) is 0 Å². The summed E-state index contributed by atoms with van der Waals surface area (Å²) < 4.78 is 0.917. The molecule has 136 valence electrons. The van der Waals surface area contributed by atoms with Crippen LogP contribution in [0.3, 0.4) is 0 Å². The Hall–Kier alpha value is -1.98. The molecule has 1 saturated heterocycles. The third-order valence-electron chi connectivity index (χ3n) is 5.06. The second kappa shape index (κ2) is 8.14. The fraction of sp³-hybridized carbons (Fsp3) is 0.333. The van der Waals surface area contributed by atoms with E-state index in [0.29, 0.717) is 16.7 Å². The number of piperidine rings is 1. The van der Waals surface area contributed by atoms with E-state index in [1.807, 2.05) is 25.2 Å². The van der Waals surface area contributed by atoms with Gasteiger partial charge in [-0.1, -0.05) is 34.1 Å². The maximum Gasteiger partial charge on any atom is 0.254 e. The number of hydrogen-bond donors (Lipinski definition) is 0. The molecule has 3 rings (SSSR count). The first-order valence-corrected chi connectivity index (χ1v) is 9.61. The van der Waals surface area contributed by atoms with Crippen molar-refractivity contribution >= 4 is 27.6 Å². The number of carbonyl (C=O) groups is 2. The predicted octanol–water partition coefficient (Wildman–Crippen LogP) is 3.85. The number of halogens is 1. The van der Waals surface area contributed by atoms with E-state index in [2.05, 4.69) is 27.9 Å². The number of likely N-dealkylation sites (tertiary alicyclic amines) is 1. The Bertz CT molecular complexity index is 796. The van der Waals surface area contributed by atoms with Crippen molar-refractivity contribution < 1.29 is 9.59 Å². The van der Waals surface area contributed by atoms with Crippen LogP contribution < -0.4 is 0 Å². The molecule has 1 aliphatic heterocycles. The van der Waals surface area contributed by atoms with Crippen LogP contribution in [0.2, 0.25) is 0 Å². The Morgan fingerprint density at radius 1 is 1.00 bits per heavy atom. The first-order chi connectivity index (χ1) is 12.5. The average molecular weight is 415 g/mol. The number of amides is 1. The molecule has 0 aliphatic carbocycles. The molecule has 2 aromatic rings. The average Bonchev–Trinajstić information content (AvgIpc) is 2.67. The fourth-order valence-electron chi connectivity index (χ4n) is 3.36. The van der Waals surface area contributed by atoms with E-state index in [4.69, 9.17) is 0 Å². The lowest BCUT2D eigenvalue weighted by Crippen LogP contribution is -2.44. The van der Waals surface area contributed by atoms with Gasteiger partial charge in [0.1, 0.15) is 0 Å². The molecule has 5 heteroatoms. The third-order valence-corrected chi connectivity index (χ3v) is 5.59. The molecule has 0 aromatic heterocycles. The Morgan fingerprint density at radius 2 is 1.58 bits per heavy atom. The van der Waals surface area contributed by atoms with Gasteiger partial charge in [0, 0.05) is 28.7 Å². The molecule has 0 radical (unpaired) electrons. The van der Waals surface area contributed by atoms with Crippen molar-refractivity contribution in [2.75, 3.05) is 27.2 Å². The molecule has 1 heterocycles. The van der Waals surface area contributed by atoms with Gasteiger partial charge < -0.3 is 9.80 Å². The molecule has 1 aliphatic rings. The maximum absolute atomic E-state index is 13.1. The van der Waals surface area contributed by atoms with Crippen molar-refractivity contribution in [3.63, 3.8) is 0 Å². The molecule has 1 amide bonds. The zero-order valence-electron chi connectivity index (χ0n) is 15.1. The lowest BCUT2D eigenvalue weighted by Gasteiger charge is -2.35. The highest BCUT2D eigenvalue weighted by molar-refractivity contribution is 9.10. The molecule has 26 heavy (non-hydrogen) atoms. The normalized spacial score (nSPS) is 15.7. The molecular weight excluding hydrogens is 392 g/mol. The van der Waals surface area contributed by atoms with Gasteiger partial charge in [-0.3, -0.25) is 9.59 Å². The molecule has 0 N–H and O–H groups in total. The Morgan fingerprint density at radius 3 is 2.19 bits per heavy atom. The van der Waals surface area contributed by atoms with E-state index < -0.39 is 0 Å². The monoisotopic (exact) mass is 414 g/mol. The van der Waals surface area contributed by atoms with Gasteiger partial charge in [-0.05, 0) is 63.3 Å². The number of ketones is 1. The van der Waals surface area contributed by atoms with Gasteiger partial charge in [0.25, 0.3) is 5.91 Å². The lowest BCUT2D eigenvalue weighted by molar-refractivity contribution is 0.0656. The zero-order valence-corrected chi connectivity index (χ0v) is 16.7. The molecule has 2 aromatic carbocycles. The summed E-state index contributed by atoms with van der Waals surface area (Å²) in [5.74, 6) is -0.209. The Balaban J connectivity index is 1.85. The highest BCUT2D eigenvalue weighted by atomic mass is 79.9. The van der Waals surface area contributed by atoms with Crippen LogP contribution in [0.4, 0.5) is 0 Å². The van der Waals surface area contributed by atoms with Gasteiger partial charge in [-0.25, -0.2) is 0 Å². The summed E-state index contributed by atoms with van der Waals surface area (Å²) in [6, 6.07) is 14.5. The zero-order chi connectivity index (χ0) is 18.7. The van der Waals surface area contributed by atoms with E-state index in [1.165, 1.54) is 0 Å². The number of rotatable bonds is 4. The van der Waals surface area contributed by atoms with E-state index in [1.54, 1.807) is 35.2 Å². The second-order valence-electron chi connectivity index (χ2n) is 6.83. The predicted molar refractivity (Wildman–Crippen MR) is 107 cm³/mol. The summed E-state index contributed by atoms with van der Waals surface area (Å²) >= 11 is 3.38. The quantitative estimate of drug-likeness (QED) is 0.713. The first-order valence-electron chi connectivity index (χ1n) is 8.82. The minimum absolute atomic E-state index is 0.0828. The Labute approximate surface area is 162 Å². The smallest absolute Gasteiger partial charge is 0.254 e. The van der Waals surface area contributed by atoms with Gasteiger partial charge in [0.15, 0.2) is 5.78 Å². The van der Waals surface area contributed by atoms with Gasteiger partial charge in [-0.2, -0.15) is 0 Å². The van der Waals surface area contributed by atoms with Gasteiger partial charge >= 0.3 is 0 Å². The summed E-state index contributed by atoms with van der Waals surface area (Å²) in [6.07, 6.45) is 1.92. The van der Waals surface area contributed by atoms with Crippen LogP contribution in [0.1, 0.15) is 39.1 Å².